The summed E-state index contributed by atoms with van der Waals surface area (Å²) in [7, 11) is 0. The fourth-order valence-electron chi connectivity index (χ4n) is 1.90. The van der Waals surface area contributed by atoms with Gasteiger partial charge < -0.3 is 0 Å². The van der Waals surface area contributed by atoms with Crippen LogP contribution < -0.4 is 0 Å². The van der Waals surface area contributed by atoms with Crippen molar-refractivity contribution in [2.45, 2.75) is 20.3 Å². The molecule has 0 bridgehead atoms. The standard InChI is InChI=1S/C12H13/c1-3-11-9(2)8-10-6-4-5-7-12(10)11/h4-8H,3H2,1-2H3. The lowest BCUT2D eigenvalue weighted by molar-refractivity contribution is 0.990. The van der Waals surface area contributed by atoms with Gasteiger partial charge in [0, 0.05) is 5.92 Å². The molecule has 0 aromatic heterocycles. The quantitative estimate of drug-likeness (QED) is 0.585. The molecule has 0 spiro atoms. The zero-order valence-electron chi connectivity index (χ0n) is 7.59. The smallest absolute Gasteiger partial charge is 0.0299 e. The molecule has 1 aliphatic carbocycles. The van der Waals surface area contributed by atoms with Crippen molar-refractivity contribution in [1.82, 2.24) is 0 Å². The molecule has 12 heavy (non-hydrogen) atoms. The average Bonchev–Trinajstić information content (AvgIpc) is 2.40. The fourth-order valence-corrected chi connectivity index (χ4v) is 1.90. The first-order chi connectivity index (χ1) is 5.83. The molecule has 0 unspecified atom stereocenters. The fraction of sp³-hybridized carbons (Fsp3) is 0.250. The molecule has 0 heteroatoms. The van der Waals surface area contributed by atoms with Crippen molar-refractivity contribution in [3.05, 3.63) is 46.9 Å². The van der Waals surface area contributed by atoms with Crippen LogP contribution in [0.3, 0.4) is 0 Å². The second-order valence-corrected chi connectivity index (χ2v) is 3.25. The summed E-state index contributed by atoms with van der Waals surface area (Å²) in [5.41, 5.74) is 4.24. The third-order valence-electron chi connectivity index (χ3n) is 2.49. The normalized spacial score (nSPS) is 16.0. The zero-order valence-corrected chi connectivity index (χ0v) is 7.59. The van der Waals surface area contributed by atoms with Crippen LogP contribution in [0.4, 0.5) is 0 Å². The summed E-state index contributed by atoms with van der Waals surface area (Å²) in [4.78, 5) is 0. The summed E-state index contributed by atoms with van der Waals surface area (Å²) in [6.45, 7) is 4.41. The minimum atomic E-state index is 1.14. The van der Waals surface area contributed by atoms with E-state index >= 15 is 0 Å². The van der Waals surface area contributed by atoms with E-state index < -0.39 is 0 Å². The maximum atomic E-state index is 2.27. The second-order valence-electron chi connectivity index (χ2n) is 3.25. The van der Waals surface area contributed by atoms with Crippen molar-refractivity contribution in [1.29, 1.82) is 0 Å². The predicted octanol–water partition coefficient (Wildman–Crippen LogP) is 3.44. The predicted molar refractivity (Wildman–Crippen MR) is 52.7 cm³/mol. The molecule has 0 amide bonds. The molecule has 0 fully saturated rings. The highest BCUT2D eigenvalue weighted by Gasteiger charge is 2.20. The summed E-state index contributed by atoms with van der Waals surface area (Å²) in [5.74, 6) is 1.51. The number of hydrogen-bond donors (Lipinski definition) is 0. The molecular weight excluding hydrogens is 144 g/mol. The molecule has 0 atom stereocenters. The highest BCUT2D eigenvalue weighted by Crippen LogP contribution is 2.36. The van der Waals surface area contributed by atoms with Gasteiger partial charge in [-0.3, -0.25) is 0 Å². The van der Waals surface area contributed by atoms with Gasteiger partial charge in [-0.05, 0) is 24.5 Å². The number of fused-ring (bicyclic) bond motifs is 1. The van der Waals surface area contributed by atoms with Crippen LogP contribution in [0.25, 0.3) is 6.08 Å². The largest absolute Gasteiger partial charge is 0.0642 e. The third-order valence-corrected chi connectivity index (χ3v) is 2.49. The lowest BCUT2D eigenvalue weighted by atomic mass is 9.94. The summed E-state index contributed by atoms with van der Waals surface area (Å²) in [6.07, 6.45) is 3.41. The van der Waals surface area contributed by atoms with E-state index in [4.69, 9.17) is 0 Å². The van der Waals surface area contributed by atoms with Crippen LogP contribution in [0.1, 0.15) is 31.4 Å². The molecule has 2 rings (SSSR count). The first-order valence-electron chi connectivity index (χ1n) is 4.47. The topological polar surface area (TPSA) is 0 Å². The summed E-state index contributed by atoms with van der Waals surface area (Å²) < 4.78 is 0. The highest BCUT2D eigenvalue weighted by molar-refractivity contribution is 5.72. The molecule has 1 radical (unpaired) electrons. The Morgan fingerprint density at radius 1 is 1.17 bits per heavy atom. The molecule has 0 saturated carbocycles. The van der Waals surface area contributed by atoms with Gasteiger partial charge in [-0.1, -0.05) is 42.8 Å². The first-order valence-corrected chi connectivity index (χ1v) is 4.47. The Hall–Kier alpha value is -1.04. The Kier molecular flexibility index (Phi) is 1.76. The van der Waals surface area contributed by atoms with Gasteiger partial charge in [0.2, 0.25) is 0 Å². The minimum absolute atomic E-state index is 1.14. The van der Waals surface area contributed by atoms with Gasteiger partial charge in [0.15, 0.2) is 0 Å². The van der Waals surface area contributed by atoms with Crippen molar-refractivity contribution in [2.75, 3.05) is 0 Å². The monoisotopic (exact) mass is 157 g/mol. The van der Waals surface area contributed by atoms with Gasteiger partial charge in [0.1, 0.15) is 0 Å². The van der Waals surface area contributed by atoms with Gasteiger partial charge in [-0.25, -0.2) is 0 Å². The van der Waals surface area contributed by atoms with Crippen LogP contribution in [-0.4, -0.2) is 0 Å². The lowest BCUT2D eigenvalue weighted by Crippen LogP contribution is -1.94. The molecule has 0 N–H and O–H groups in total. The van der Waals surface area contributed by atoms with Gasteiger partial charge >= 0.3 is 0 Å². The molecule has 0 heterocycles. The summed E-state index contributed by atoms with van der Waals surface area (Å²) >= 11 is 0. The molecule has 1 aromatic rings. The van der Waals surface area contributed by atoms with E-state index in [9.17, 15) is 0 Å². The summed E-state index contributed by atoms with van der Waals surface area (Å²) in [6, 6.07) is 8.60. The van der Waals surface area contributed by atoms with Gasteiger partial charge in [-0.15, -0.1) is 0 Å². The van der Waals surface area contributed by atoms with Crippen molar-refractivity contribution in [3.63, 3.8) is 0 Å². The van der Waals surface area contributed by atoms with E-state index in [0.717, 1.165) is 6.42 Å². The molecule has 61 valence electrons. The van der Waals surface area contributed by atoms with Crippen LogP contribution in [-0.2, 0) is 0 Å². The highest BCUT2D eigenvalue weighted by atomic mass is 14.2. The molecule has 0 saturated heterocycles. The Morgan fingerprint density at radius 3 is 2.67 bits per heavy atom. The molecule has 1 aliphatic rings. The molecule has 0 nitrogen and oxygen atoms in total. The van der Waals surface area contributed by atoms with Crippen LogP contribution in [0.15, 0.2) is 29.8 Å². The van der Waals surface area contributed by atoms with E-state index in [-0.39, 0.29) is 0 Å². The van der Waals surface area contributed by atoms with Gasteiger partial charge in [0.25, 0.3) is 0 Å². The van der Waals surface area contributed by atoms with Gasteiger partial charge in [0.05, 0.1) is 0 Å². The Labute approximate surface area is 73.9 Å². The van der Waals surface area contributed by atoms with E-state index in [1.54, 1.807) is 0 Å². The van der Waals surface area contributed by atoms with E-state index in [1.165, 1.54) is 22.6 Å². The third kappa shape index (κ3) is 0.989. The van der Waals surface area contributed by atoms with Crippen LogP contribution in [0.2, 0.25) is 0 Å². The maximum Gasteiger partial charge on any atom is 0.0299 e. The Bertz CT molecular complexity index is 321. The van der Waals surface area contributed by atoms with Crippen molar-refractivity contribution < 1.29 is 0 Å². The van der Waals surface area contributed by atoms with E-state index in [2.05, 4.69) is 44.2 Å². The van der Waals surface area contributed by atoms with Crippen molar-refractivity contribution >= 4 is 6.08 Å². The molecular formula is C12H13. The van der Waals surface area contributed by atoms with Gasteiger partial charge in [-0.2, -0.15) is 0 Å². The molecule has 0 aliphatic heterocycles. The second kappa shape index (κ2) is 2.78. The van der Waals surface area contributed by atoms with Crippen LogP contribution >= 0.6 is 0 Å². The number of hydrogen-bond acceptors (Lipinski definition) is 0. The first kappa shape index (κ1) is 7.60. The maximum absolute atomic E-state index is 2.27. The Balaban J connectivity index is 2.50. The minimum Gasteiger partial charge on any atom is -0.0642 e. The van der Waals surface area contributed by atoms with Crippen LogP contribution in [0, 0.1) is 5.92 Å². The number of rotatable bonds is 1. The van der Waals surface area contributed by atoms with E-state index in [1.807, 2.05) is 0 Å². The van der Waals surface area contributed by atoms with Crippen LogP contribution in [0.5, 0.6) is 0 Å². The van der Waals surface area contributed by atoms with Crippen molar-refractivity contribution in [2.24, 2.45) is 0 Å². The van der Waals surface area contributed by atoms with E-state index in [0.29, 0.717) is 0 Å². The molecule has 1 aromatic carbocycles. The lowest BCUT2D eigenvalue weighted by Gasteiger charge is -2.09. The Morgan fingerprint density at radius 2 is 1.92 bits per heavy atom. The number of benzene rings is 1. The summed E-state index contributed by atoms with van der Waals surface area (Å²) in [5, 5.41) is 0. The van der Waals surface area contributed by atoms with Crippen molar-refractivity contribution in [3.8, 4) is 0 Å². The SMILES string of the molecule is CC[C]1C(C)=Cc2ccccc21. The zero-order chi connectivity index (χ0) is 8.55. The number of allylic oxidation sites excluding steroid dienone is 1. The average molecular weight is 157 g/mol.